The van der Waals surface area contributed by atoms with Crippen LogP contribution in [0.4, 0.5) is 0 Å². The van der Waals surface area contributed by atoms with Crippen LogP contribution in [0.25, 0.3) is 10.9 Å². The number of nitrogens with zero attached hydrogens (tertiary/aromatic N) is 1. The Bertz CT molecular complexity index is 622. The van der Waals surface area contributed by atoms with Gasteiger partial charge < -0.3 is 5.11 Å². The fraction of sp³-hybridized carbons (Fsp3) is 0.286. The van der Waals surface area contributed by atoms with E-state index < -0.39 is 11.9 Å². The molecule has 1 aliphatic carbocycles. The number of fused-ring (bicyclic) bond motifs is 1. The van der Waals surface area contributed by atoms with Gasteiger partial charge in [0.2, 0.25) is 0 Å². The van der Waals surface area contributed by atoms with E-state index in [0.29, 0.717) is 5.02 Å². The van der Waals surface area contributed by atoms with Gasteiger partial charge in [-0.3, -0.25) is 9.78 Å². The summed E-state index contributed by atoms with van der Waals surface area (Å²) >= 11 is 6.05. The van der Waals surface area contributed by atoms with Gasteiger partial charge >= 0.3 is 5.97 Å². The average Bonchev–Trinajstić information content (AvgIpc) is 3.13. The van der Waals surface area contributed by atoms with Crippen molar-refractivity contribution in [3.8, 4) is 0 Å². The van der Waals surface area contributed by atoms with Crippen LogP contribution >= 0.6 is 11.6 Å². The first-order valence-electron chi connectivity index (χ1n) is 5.94. The van der Waals surface area contributed by atoms with Crippen LogP contribution in [-0.2, 0) is 4.79 Å². The summed E-state index contributed by atoms with van der Waals surface area (Å²) in [7, 11) is 0. The molecule has 92 valence electrons. The number of hydrogen-bond acceptors (Lipinski definition) is 2. The molecule has 1 unspecified atom stereocenters. The molecule has 1 aromatic carbocycles. The Labute approximate surface area is 109 Å². The molecule has 0 radical (unpaired) electrons. The molecule has 1 N–H and O–H groups in total. The van der Waals surface area contributed by atoms with E-state index in [9.17, 15) is 9.90 Å². The minimum absolute atomic E-state index is 0.265. The molecule has 1 saturated carbocycles. The standard InChI is InChI=1S/C14H12ClNO2/c15-11-3-1-2-9-6-10(7-16-13(9)11)12(14(17)18)8-4-5-8/h1-3,6-8,12H,4-5H2,(H,17,18). The Balaban J connectivity index is 2.09. The molecule has 0 aliphatic heterocycles. The Morgan fingerprint density at radius 3 is 2.89 bits per heavy atom. The van der Waals surface area contributed by atoms with Crippen molar-refractivity contribution >= 4 is 28.5 Å². The fourth-order valence-corrected chi connectivity index (χ4v) is 2.59. The second-order valence-corrected chi connectivity index (χ2v) is 5.14. The van der Waals surface area contributed by atoms with E-state index in [1.807, 2.05) is 18.2 Å². The van der Waals surface area contributed by atoms with Gasteiger partial charge in [-0.15, -0.1) is 0 Å². The number of benzene rings is 1. The number of pyridine rings is 1. The Morgan fingerprint density at radius 2 is 2.22 bits per heavy atom. The smallest absolute Gasteiger partial charge is 0.311 e. The maximum atomic E-state index is 11.3. The lowest BCUT2D eigenvalue weighted by molar-refractivity contribution is -0.139. The molecule has 18 heavy (non-hydrogen) atoms. The number of aliphatic carboxylic acids is 1. The number of halogens is 1. The van der Waals surface area contributed by atoms with Crippen molar-refractivity contribution in [2.45, 2.75) is 18.8 Å². The van der Waals surface area contributed by atoms with E-state index in [2.05, 4.69) is 4.98 Å². The highest BCUT2D eigenvalue weighted by molar-refractivity contribution is 6.35. The molecule has 4 heteroatoms. The first kappa shape index (κ1) is 11.5. The first-order chi connectivity index (χ1) is 8.66. The molecule has 2 aromatic rings. The Kier molecular flexibility index (Phi) is 2.71. The van der Waals surface area contributed by atoms with E-state index in [1.54, 1.807) is 12.3 Å². The summed E-state index contributed by atoms with van der Waals surface area (Å²) in [6.07, 6.45) is 3.63. The van der Waals surface area contributed by atoms with E-state index in [-0.39, 0.29) is 5.92 Å². The third-order valence-electron chi connectivity index (χ3n) is 3.40. The molecule has 1 fully saturated rings. The maximum absolute atomic E-state index is 11.3. The SMILES string of the molecule is O=C(O)C(c1cnc2c(Cl)cccc2c1)C1CC1. The van der Waals surface area contributed by atoms with Crippen LogP contribution in [0, 0.1) is 5.92 Å². The average molecular weight is 262 g/mol. The van der Waals surface area contributed by atoms with Crippen molar-refractivity contribution in [1.29, 1.82) is 0 Å². The van der Waals surface area contributed by atoms with Gasteiger partial charge in [-0.2, -0.15) is 0 Å². The van der Waals surface area contributed by atoms with Crippen molar-refractivity contribution in [3.05, 3.63) is 41.0 Å². The highest BCUT2D eigenvalue weighted by Crippen LogP contribution is 2.43. The monoisotopic (exact) mass is 261 g/mol. The Morgan fingerprint density at radius 1 is 1.44 bits per heavy atom. The van der Waals surface area contributed by atoms with Gasteiger partial charge in [-0.05, 0) is 36.5 Å². The molecule has 0 saturated heterocycles. The largest absolute Gasteiger partial charge is 0.481 e. The highest BCUT2D eigenvalue weighted by Gasteiger charge is 2.37. The van der Waals surface area contributed by atoms with Gasteiger partial charge in [-0.25, -0.2) is 0 Å². The number of aromatic nitrogens is 1. The third kappa shape index (κ3) is 1.95. The molecule has 0 amide bonds. The van der Waals surface area contributed by atoms with E-state index in [4.69, 9.17) is 11.6 Å². The minimum Gasteiger partial charge on any atom is -0.481 e. The third-order valence-corrected chi connectivity index (χ3v) is 3.71. The molecule has 1 atom stereocenters. The van der Waals surface area contributed by atoms with Crippen LogP contribution in [0.5, 0.6) is 0 Å². The lowest BCUT2D eigenvalue weighted by atomic mass is 9.95. The van der Waals surface area contributed by atoms with Crippen LogP contribution in [-0.4, -0.2) is 16.1 Å². The van der Waals surface area contributed by atoms with Crippen LogP contribution in [0.1, 0.15) is 24.3 Å². The normalized spacial score (nSPS) is 16.7. The Hall–Kier alpha value is -1.61. The van der Waals surface area contributed by atoms with Crippen molar-refractivity contribution < 1.29 is 9.90 Å². The van der Waals surface area contributed by atoms with Crippen molar-refractivity contribution in [2.75, 3.05) is 0 Å². The van der Waals surface area contributed by atoms with Crippen molar-refractivity contribution in [2.24, 2.45) is 5.92 Å². The van der Waals surface area contributed by atoms with Gasteiger partial charge in [0.25, 0.3) is 0 Å². The number of carboxylic acid groups (broad SMARTS) is 1. The van der Waals surface area contributed by atoms with E-state index in [1.165, 1.54) is 0 Å². The molecule has 1 heterocycles. The topological polar surface area (TPSA) is 50.2 Å². The molecule has 0 spiro atoms. The first-order valence-corrected chi connectivity index (χ1v) is 6.31. The lowest BCUT2D eigenvalue weighted by Gasteiger charge is -2.12. The molecule has 1 aliphatic rings. The molecular formula is C14H12ClNO2. The van der Waals surface area contributed by atoms with Gasteiger partial charge in [0.05, 0.1) is 16.5 Å². The molecule has 3 nitrogen and oxygen atoms in total. The zero-order valence-electron chi connectivity index (χ0n) is 9.64. The zero-order chi connectivity index (χ0) is 12.7. The summed E-state index contributed by atoms with van der Waals surface area (Å²) in [6.45, 7) is 0. The molecule has 0 bridgehead atoms. The molecular weight excluding hydrogens is 250 g/mol. The zero-order valence-corrected chi connectivity index (χ0v) is 10.4. The van der Waals surface area contributed by atoms with E-state index >= 15 is 0 Å². The summed E-state index contributed by atoms with van der Waals surface area (Å²) in [5.41, 5.74) is 1.50. The molecule has 1 aromatic heterocycles. The van der Waals surface area contributed by atoms with Gasteiger partial charge in [-0.1, -0.05) is 23.7 Å². The quantitative estimate of drug-likeness (QED) is 0.920. The summed E-state index contributed by atoms with van der Waals surface area (Å²) < 4.78 is 0. The number of para-hydroxylation sites is 1. The second-order valence-electron chi connectivity index (χ2n) is 4.73. The van der Waals surface area contributed by atoms with E-state index in [0.717, 1.165) is 29.3 Å². The summed E-state index contributed by atoms with van der Waals surface area (Å²) in [6, 6.07) is 7.43. The van der Waals surface area contributed by atoms with Gasteiger partial charge in [0.15, 0.2) is 0 Å². The van der Waals surface area contributed by atoms with Gasteiger partial charge in [0, 0.05) is 11.6 Å². The number of carbonyl (C=O) groups is 1. The van der Waals surface area contributed by atoms with Crippen LogP contribution < -0.4 is 0 Å². The van der Waals surface area contributed by atoms with Crippen LogP contribution in [0.15, 0.2) is 30.5 Å². The predicted octanol–water partition coefficient (Wildman–Crippen LogP) is 3.47. The number of hydrogen-bond donors (Lipinski definition) is 1. The fourth-order valence-electron chi connectivity index (χ4n) is 2.36. The highest BCUT2D eigenvalue weighted by atomic mass is 35.5. The minimum atomic E-state index is -0.763. The predicted molar refractivity (Wildman–Crippen MR) is 69.9 cm³/mol. The number of carboxylic acids is 1. The summed E-state index contributed by atoms with van der Waals surface area (Å²) in [5, 5.41) is 10.8. The second kappa shape index (κ2) is 4.25. The van der Waals surface area contributed by atoms with Gasteiger partial charge in [0.1, 0.15) is 0 Å². The van der Waals surface area contributed by atoms with Crippen molar-refractivity contribution in [3.63, 3.8) is 0 Å². The van der Waals surface area contributed by atoms with Crippen LogP contribution in [0.3, 0.4) is 0 Å². The summed E-state index contributed by atoms with van der Waals surface area (Å²) in [4.78, 5) is 15.6. The summed E-state index contributed by atoms with van der Waals surface area (Å²) in [5.74, 6) is -0.928. The van der Waals surface area contributed by atoms with Crippen molar-refractivity contribution in [1.82, 2.24) is 4.98 Å². The number of rotatable bonds is 3. The molecule has 3 rings (SSSR count). The van der Waals surface area contributed by atoms with Crippen LogP contribution in [0.2, 0.25) is 5.02 Å². The lowest BCUT2D eigenvalue weighted by Crippen LogP contribution is -2.13. The maximum Gasteiger partial charge on any atom is 0.311 e.